The van der Waals surface area contributed by atoms with E-state index in [1.54, 1.807) is 6.56 Å². The van der Waals surface area contributed by atoms with Crippen LogP contribution in [0.2, 0.25) is 0 Å². The predicted octanol–water partition coefficient (Wildman–Crippen LogP) is -1.85. The quantitative estimate of drug-likeness (QED) is 0.541. The molecule has 0 aromatic carbocycles. The van der Waals surface area contributed by atoms with Gasteiger partial charge in [-0.15, -0.1) is 0 Å². The Morgan fingerprint density at radius 2 is 1.78 bits per heavy atom. The molecule has 0 saturated heterocycles. The van der Waals surface area contributed by atoms with E-state index in [0.29, 0.717) is 5.92 Å². The molecule has 2 aliphatic carbocycles. The first-order valence-electron chi connectivity index (χ1n) is 5.96. The van der Waals surface area contributed by atoms with E-state index in [-0.39, 0.29) is 24.8 Å². The van der Waals surface area contributed by atoms with Gasteiger partial charge in [-0.1, -0.05) is 0 Å². The zero-order chi connectivity index (χ0) is 11.9. The van der Waals surface area contributed by atoms with Crippen molar-refractivity contribution in [3.63, 3.8) is 0 Å². The maximum absolute atomic E-state index is 4.60. The molecule has 18 heavy (non-hydrogen) atoms. The molecule has 0 aromatic heterocycles. The van der Waals surface area contributed by atoms with Gasteiger partial charge in [0.1, 0.15) is 0 Å². The summed E-state index contributed by atoms with van der Waals surface area (Å²) < 4.78 is 8.02. The number of hydrogen-bond donors (Lipinski definition) is 0. The molecule has 1 unspecified atom stereocenters. The van der Waals surface area contributed by atoms with Crippen molar-refractivity contribution in [3.05, 3.63) is 41.5 Å². The average Bonchev–Trinajstić information content (AvgIpc) is 2.70. The van der Waals surface area contributed by atoms with Crippen molar-refractivity contribution in [2.45, 2.75) is 34.1 Å². The van der Waals surface area contributed by atoms with Gasteiger partial charge < -0.3 is 24.8 Å². The molecule has 0 fully saturated rings. The molecular weight excluding hydrogens is 342 g/mol. The number of halogens is 2. The summed E-state index contributed by atoms with van der Waals surface area (Å²) in [6, 6.07) is 0. The van der Waals surface area contributed by atoms with Crippen molar-refractivity contribution >= 4 is 4.21 Å². The number of allylic oxidation sites excluding steroid dienone is 8. The molecule has 98 valence electrons. The number of hydrogen-bond acceptors (Lipinski definition) is 0. The molecular formula is C15H20Cl2Zr. The molecule has 3 heteroatoms. The molecule has 0 bridgehead atoms. The molecule has 2 rings (SSSR count). The van der Waals surface area contributed by atoms with Crippen LogP contribution in [0.25, 0.3) is 0 Å². The zero-order valence-corrected chi connectivity index (χ0v) is 15.4. The van der Waals surface area contributed by atoms with Gasteiger partial charge in [0.2, 0.25) is 0 Å². The summed E-state index contributed by atoms with van der Waals surface area (Å²) in [5.74, 6) is 0.646. The molecule has 0 amide bonds. The van der Waals surface area contributed by atoms with E-state index in [0.717, 1.165) is 0 Å². The van der Waals surface area contributed by atoms with E-state index in [1.807, 2.05) is 0 Å². The van der Waals surface area contributed by atoms with Crippen LogP contribution in [0, 0.1) is 5.92 Å². The van der Waals surface area contributed by atoms with E-state index >= 15 is 0 Å². The Labute approximate surface area is 131 Å². The Morgan fingerprint density at radius 3 is 2.17 bits per heavy atom. The van der Waals surface area contributed by atoms with Gasteiger partial charge in [-0.3, -0.25) is 0 Å². The Balaban J connectivity index is 0.00000144. The summed E-state index contributed by atoms with van der Waals surface area (Å²) in [6.45, 7) is 9.08. The summed E-state index contributed by atoms with van der Waals surface area (Å²) in [7, 11) is 0. The van der Waals surface area contributed by atoms with Gasteiger partial charge in [0.25, 0.3) is 0 Å². The van der Waals surface area contributed by atoms with Crippen LogP contribution in [-0.4, -0.2) is 4.21 Å². The minimum absolute atomic E-state index is 0. The summed E-state index contributed by atoms with van der Waals surface area (Å²) in [4.78, 5) is 0. The molecule has 0 N–H and O–H groups in total. The standard InChI is InChI=1S/2C7H9.CH2.2ClH.Zr/c2*1-6-3-4-7(2)5-6;;;;/h5H,3H2,1-2H3;3-4,6H,1-2H3;1H2;2*1H;/q;;;;;+2/p-2. The first-order chi connectivity index (χ1) is 7.50. The third-order valence-electron chi connectivity index (χ3n) is 3.60. The van der Waals surface area contributed by atoms with E-state index < -0.39 is 21.3 Å². The minimum atomic E-state index is -1.74. The maximum atomic E-state index is 4.60. The first kappa shape index (κ1) is 18.3. The van der Waals surface area contributed by atoms with Crippen LogP contribution in [0.5, 0.6) is 0 Å². The van der Waals surface area contributed by atoms with E-state index in [1.165, 1.54) is 23.1 Å². The van der Waals surface area contributed by atoms with Crippen molar-refractivity contribution in [1.29, 1.82) is 0 Å². The van der Waals surface area contributed by atoms with Crippen LogP contribution in [0.3, 0.4) is 0 Å². The van der Waals surface area contributed by atoms with Crippen LogP contribution in [0.15, 0.2) is 41.5 Å². The van der Waals surface area contributed by atoms with E-state index in [4.69, 9.17) is 0 Å². The summed E-state index contributed by atoms with van der Waals surface area (Å²) in [5, 5.41) is 0. The van der Waals surface area contributed by atoms with E-state index in [2.05, 4.69) is 50.1 Å². The molecule has 2 aliphatic rings. The maximum Gasteiger partial charge on any atom is -1.00 e. The zero-order valence-electron chi connectivity index (χ0n) is 11.5. The Kier molecular flexibility index (Phi) is 7.29. The van der Waals surface area contributed by atoms with Crippen LogP contribution in [-0.2, 0) is 21.3 Å². The van der Waals surface area contributed by atoms with Gasteiger partial charge in [0.05, 0.1) is 0 Å². The molecule has 0 radical (unpaired) electrons. The van der Waals surface area contributed by atoms with Gasteiger partial charge in [-0.05, 0) is 0 Å². The summed E-state index contributed by atoms with van der Waals surface area (Å²) in [6.07, 6.45) is 8.18. The molecule has 0 heterocycles. The fourth-order valence-corrected chi connectivity index (χ4v) is 9.10. The average molecular weight is 362 g/mol. The van der Waals surface area contributed by atoms with Gasteiger partial charge in [-0.25, -0.2) is 0 Å². The van der Waals surface area contributed by atoms with Gasteiger partial charge in [0, 0.05) is 0 Å². The monoisotopic (exact) mass is 360 g/mol. The fourth-order valence-electron chi connectivity index (χ4n) is 2.78. The van der Waals surface area contributed by atoms with Crippen LogP contribution < -0.4 is 24.8 Å². The van der Waals surface area contributed by atoms with Crippen molar-refractivity contribution in [2.24, 2.45) is 5.92 Å². The largest absolute Gasteiger partial charge is 1.00 e. The SMILES string of the molecule is [CH2]=[Zr+2]([C]1=C(C)C=C(C)C1)[C]1=C(C)C=CC1C.[Cl-].[Cl-]. The second-order valence-electron chi connectivity index (χ2n) is 5.05. The third kappa shape index (κ3) is 3.44. The third-order valence-corrected chi connectivity index (χ3v) is 10.5. The molecule has 0 nitrogen and oxygen atoms in total. The van der Waals surface area contributed by atoms with E-state index in [9.17, 15) is 0 Å². The fraction of sp³-hybridized carbons (Fsp3) is 0.400. The molecule has 0 aromatic rings. The molecule has 0 aliphatic heterocycles. The van der Waals surface area contributed by atoms with Gasteiger partial charge >= 0.3 is 107 Å². The normalized spacial score (nSPS) is 21.3. The van der Waals surface area contributed by atoms with Crippen LogP contribution >= 0.6 is 0 Å². The van der Waals surface area contributed by atoms with Crippen molar-refractivity contribution in [2.75, 3.05) is 0 Å². The number of rotatable bonds is 2. The predicted molar refractivity (Wildman–Crippen MR) is 69.2 cm³/mol. The minimum Gasteiger partial charge on any atom is -1.00 e. The first-order valence-corrected chi connectivity index (χ1v) is 10.2. The van der Waals surface area contributed by atoms with Crippen molar-refractivity contribution < 1.29 is 46.1 Å². The molecule has 0 saturated carbocycles. The Bertz CT molecular complexity index is 479. The Hall–Kier alpha value is 0.293. The van der Waals surface area contributed by atoms with Crippen LogP contribution in [0.1, 0.15) is 34.1 Å². The van der Waals surface area contributed by atoms with Crippen molar-refractivity contribution in [3.8, 4) is 0 Å². The van der Waals surface area contributed by atoms with Gasteiger partial charge in [0.15, 0.2) is 0 Å². The van der Waals surface area contributed by atoms with Crippen molar-refractivity contribution in [1.82, 2.24) is 0 Å². The second kappa shape index (κ2) is 7.18. The topological polar surface area (TPSA) is 0 Å². The second-order valence-corrected chi connectivity index (χ2v) is 10.2. The Morgan fingerprint density at radius 1 is 1.17 bits per heavy atom. The molecule has 0 spiro atoms. The van der Waals surface area contributed by atoms with Gasteiger partial charge in [-0.2, -0.15) is 0 Å². The summed E-state index contributed by atoms with van der Waals surface area (Å²) >= 11 is -1.74. The van der Waals surface area contributed by atoms with Crippen LogP contribution in [0.4, 0.5) is 0 Å². The smallest absolute Gasteiger partial charge is 1.00 e. The summed E-state index contributed by atoms with van der Waals surface area (Å²) in [5.41, 5.74) is 4.54. The molecule has 1 atom stereocenters.